The maximum atomic E-state index is 13.6. The third kappa shape index (κ3) is 6.62. The molecule has 3 aromatic carbocycles. The summed E-state index contributed by atoms with van der Waals surface area (Å²) in [6.45, 7) is 2.42. The first-order valence-electron chi connectivity index (χ1n) is 14.3. The van der Waals surface area contributed by atoms with Crippen LogP contribution in [0.3, 0.4) is 0 Å². The summed E-state index contributed by atoms with van der Waals surface area (Å²) in [7, 11) is 1.75. The molecule has 1 aromatic heterocycles. The van der Waals surface area contributed by atoms with Gasteiger partial charge in [0.1, 0.15) is 6.04 Å². The molecule has 1 aliphatic rings. The first kappa shape index (κ1) is 28.9. The number of carboxylic acid groups (broad SMARTS) is 1. The number of anilines is 1. The van der Waals surface area contributed by atoms with Crippen molar-refractivity contribution in [1.29, 1.82) is 0 Å². The molecular formula is C33H36N4O5. The number of hydrogen-bond acceptors (Lipinski definition) is 6. The Hall–Kier alpha value is -4.66. The van der Waals surface area contributed by atoms with E-state index in [2.05, 4.69) is 10.3 Å². The standard InChI is InChI=1S/C33H36N4O5/c1-22-25(21-37(33(40)41)26-15-9-10-16-26)17-18-27-29(22)31(39)42-32(34-27)35-28(19-23-11-5-3-6-12-23)30(38)36(2)20-24-13-7-4-8-14-24/h3-8,11-14,17-18,26,28H,9-10,15-16,19-21H2,1-2H3,(H,34,35)(H,40,41). The molecule has 0 bridgehead atoms. The van der Waals surface area contributed by atoms with Crippen LogP contribution < -0.4 is 10.9 Å². The largest absolute Gasteiger partial charge is 0.465 e. The van der Waals surface area contributed by atoms with Crippen molar-refractivity contribution >= 4 is 28.9 Å². The average molecular weight is 569 g/mol. The number of carbonyl (C=O) groups is 2. The molecule has 0 aliphatic heterocycles. The number of benzene rings is 3. The Morgan fingerprint density at radius 2 is 1.62 bits per heavy atom. The summed E-state index contributed by atoms with van der Waals surface area (Å²) in [5.41, 5.74) is 3.16. The van der Waals surface area contributed by atoms with Crippen LogP contribution >= 0.6 is 0 Å². The van der Waals surface area contributed by atoms with E-state index in [0.717, 1.165) is 42.4 Å². The maximum absolute atomic E-state index is 13.6. The van der Waals surface area contributed by atoms with Gasteiger partial charge in [0.05, 0.1) is 10.9 Å². The minimum absolute atomic E-state index is 0.0159. The molecule has 1 atom stereocenters. The predicted octanol–water partition coefficient (Wildman–Crippen LogP) is 5.60. The Morgan fingerprint density at radius 1 is 0.976 bits per heavy atom. The van der Waals surface area contributed by atoms with Gasteiger partial charge in [-0.3, -0.25) is 4.79 Å². The second kappa shape index (κ2) is 12.9. The fourth-order valence-corrected chi connectivity index (χ4v) is 5.75. The zero-order valence-corrected chi connectivity index (χ0v) is 24.0. The quantitative estimate of drug-likeness (QED) is 0.256. The summed E-state index contributed by atoms with van der Waals surface area (Å²) in [5, 5.41) is 13.2. The maximum Gasteiger partial charge on any atom is 0.407 e. The highest BCUT2D eigenvalue weighted by Gasteiger charge is 2.28. The van der Waals surface area contributed by atoms with Gasteiger partial charge >= 0.3 is 11.7 Å². The summed E-state index contributed by atoms with van der Waals surface area (Å²) < 4.78 is 5.62. The van der Waals surface area contributed by atoms with Gasteiger partial charge in [0.25, 0.3) is 6.01 Å². The Balaban J connectivity index is 1.41. The summed E-state index contributed by atoms with van der Waals surface area (Å²) in [5.74, 6) is -0.167. The number of aromatic nitrogens is 1. The molecule has 1 unspecified atom stereocenters. The highest BCUT2D eigenvalue weighted by atomic mass is 16.4. The molecule has 2 amide bonds. The van der Waals surface area contributed by atoms with Gasteiger partial charge in [0, 0.05) is 32.6 Å². The first-order valence-corrected chi connectivity index (χ1v) is 14.3. The zero-order chi connectivity index (χ0) is 29.6. The summed E-state index contributed by atoms with van der Waals surface area (Å²) in [4.78, 5) is 46.6. The fourth-order valence-electron chi connectivity index (χ4n) is 5.75. The van der Waals surface area contributed by atoms with Crippen LogP contribution in [0.4, 0.5) is 10.8 Å². The van der Waals surface area contributed by atoms with E-state index in [1.54, 1.807) is 24.9 Å². The Morgan fingerprint density at radius 3 is 2.26 bits per heavy atom. The Kier molecular flexibility index (Phi) is 8.85. The van der Waals surface area contributed by atoms with E-state index in [1.807, 2.05) is 66.7 Å². The molecule has 4 aromatic rings. The van der Waals surface area contributed by atoms with Crippen molar-refractivity contribution in [2.45, 2.75) is 64.2 Å². The lowest BCUT2D eigenvalue weighted by Crippen LogP contribution is -2.42. The van der Waals surface area contributed by atoms with Gasteiger partial charge in [0.2, 0.25) is 5.91 Å². The number of fused-ring (bicyclic) bond motifs is 1. The van der Waals surface area contributed by atoms with Crippen LogP contribution in [0.5, 0.6) is 0 Å². The highest BCUT2D eigenvalue weighted by molar-refractivity contribution is 5.85. The van der Waals surface area contributed by atoms with Crippen LogP contribution in [0.2, 0.25) is 0 Å². The van der Waals surface area contributed by atoms with Crippen LogP contribution in [0.25, 0.3) is 10.9 Å². The van der Waals surface area contributed by atoms with Gasteiger partial charge in [-0.1, -0.05) is 79.6 Å². The molecule has 1 aliphatic carbocycles. The van der Waals surface area contributed by atoms with E-state index in [0.29, 0.717) is 29.4 Å². The van der Waals surface area contributed by atoms with E-state index in [4.69, 9.17) is 4.42 Å². The van der Waals surface area contributed by atoms with Crippen LogP contribution in [0, 0.1) is 6.92 Å². The summed E-state index contributed by atoms with van der Waals surface area (Å²) in [6.07, 6.45) is 3.14. The lowest BCUT2D eigenvalue weighted by atomic mass is 10.0. The molecule has 1 saturated carbocycles. The molecule has 9 heteroatoms. The van der Waals surface area contributed by atoms with Crippen molar-refractivity contribution in [1.82, 2.24) is 14.8 Å². The lowest BCUT2D eigenvalue weighted by Gasteiger charge is -2.27. The van der Waals surface area contributed by atoms with Crippen LogP contribution in [0.1, 0.15) is 47.9 Å². The molecule has 1 fully saturated rings. The molecule has 0 saturated heterocycles. The number of amides is 2. The third-order valence-electron chi connectivity index (χ3n) is 8.04. The number of carbonyl (C=O) groups excluding carboxylic acids is 1. The van der Waals surface area contributed by atoms with Gasteiger partial charge in [-0.15, -0.1) is 0 Å². The van der Waals surface area contributed by atoms with Gasteiger partial charge < -0.3 is 24.6 Å². The van der Waals surface area contributed by atoms with Crippen molar-refractivity contribution in [3.8, 4) is 0 Å². The molecule has 1 heterocycles. The predicted molar refractivity (Wildman–Crippen MR) is 161 cm³/mol. The Bertz CT molecular complexity index is 1600. The van der Waals surface area contributed by atoms with E-state index in [1.165, 1.54) is 4.90 Å². The molecule has 218 valence electrons. The van der Waals surface area contributed by atoms with E-state index < -0.39 is 17.8 Å². The molecule has 2 N–H and O–H groups in total. The fraction of sp³-hybridized carbons (Fsp3) is 0.333. The second-order valence-corrected chi connectivity index (χ2v) is 11.0. The number of aryl methyl sites for hydroxylation is 1. The van der Waals surface area contributed by atoms with E-state index in [-0.39, 0.29) is 24.5 Å². The van der Waals surface area contributed by atoms with Gasteiger partial charge in [-0.05, 0) is 48.1 Å². The van der Waals surface area contributed by atoms with Gasteiger partial charge in [-0.2, -0.15) is 4.98 Å². The number of rotatable bonds is 10. The summed E-state index contributed by atoms with van der Waals surface area (Å²) >= 11 is 0. The van der Waals surface area contributed by atoms with Gasteiger partial charge in [0.15, 0.2) is 0 Å². The third-order valence-corrected chi connectivity index (χ3v) is 8.04. The van der Waals surface area contributed by atoms with Crippen molar-refractivity contribution in [2.24, 2.45) is 0 Å². The number of likely N-dealkylation sites (N-methyl/N-ethyl adjacent to an activating group) is 1. The molecule has 0 spiro atoms. The number of hydrogen-bond donors (Lipinski definition) is 2. The van der Waals surface area contributed by atoms with Crippen LogP contribution in [-0.2, 0) is 24.3 Å². The monoisotopic (exact) mass is 568 g/mol. The van der Waals surface area contributed by atoms with Crippen molar-refractivity contribution in [2.75, 3.05) is 12.4 Å². The second-order valence-electron chi connectivity index (χ2n) is 11.0. The van der Waals surface area contributed by atoms with Crippen molar-refractivity contribution in [3.05, 3.63) is 105 Å². The minimum atomic E-state index is -0.961. The molecule has 0 radical (unpaired) electrons. The minimum Gasteiger partial charge on any atom is -0.465 e. The zero-order valence-electron chi connectivity index (χ0n) is 24.0. The molecule has 42 heavy (non-hydrogen) atoms. The Labute approximate surface area is 244 Å². The van der Waals surface area contributed by atoms with E-state index in [9.17, 15) is 19.5 Å². The highest BCUT2D eigenvalue weighted by Crippen LogP contribution is 2.27. The number of nitrogens with zero attached hydrogens (tertiary/aromatic N) is 3. The molecular weight excluding hydrogens is 532 g/mol. The topological polar surface area (TPSA) is 116 Å². The normalized spacial score (nSPS) is 14.0. The lowest BCUT2D eigenvalue weighted by molar-refractivity contribution is -0.131. The molecule has 5 rings (SSSR count). The smallest absolute Gasteiger partial charge is 0.407 e. The number of nitrogens with one attached hydrogen (secondary N) is 1. The molecule has 9 nitrogen and oxygen atoms in total. The van der Waals surface area contributed by atoms with Crippen LogP contribution in [0.15, 0.2) is 82.0 Å². The average Bonchev–Trinajstić information content (AvgIpc) is 3.51. The summed E-state index contributed by atoms with van der Waals surface area (Å²) in [6, 6.07) is 22.1. The van der Waals surface area contributed by atoms with Crippen molar-refractivity contribution in [3.63, 3.8) is 0 Å². The first-order chi connectivity index (χ1) is 20.3. The van der Waals surface area contributed by atoms with Crippen molar-refractivity contribution < 1.29 is 19.1 Å². The van der Waals surface area contributed by atoms with Gasteiger partial charge in [-0.25, -0.2) is 9.59 Å². The van der Waals surface area contributed by atoms with E-state index >= 15 is 0 Å². The van der Waals surface area contributed by atoms with Crippen LogP contribution in [-0.4, -0.2) is 51.0 Å². The SMILES string of the molecule is Cc1c(CN(C(=O)O)C2CCCC2)ccc2nc(NC(Cc3ccccc3)C(=O)N(C)Cc3ccccc3)oc(=O)c12.